The number of halogens is 3. The van der Waals surface area contributed by atoms with Crippen molar-refractivity contribution in [2.45, 2.75) is 97.1 Å². The van der Waals surface area contributed by atoms with E-state index >= 15 is 0 Å². The van der Waals surface area contributed by atoms with Crippen molar-refractivity contribution in [3.63, 3.8) is 0 Å². The maximum absolute atomic E-state index is 14.4. The quantitative estimate of drug-likeness (QED) is 0.277. The Morgan fingerprint density at radius 1 is 1.11 bits per heavy atom. The lowest BCUT2D eigenvalue weighted by Gasteiger charge is -2.47. The van der Waals surface area contributed by atoms with Gasteiger partial charge in [-0.25, -0.2) is 0 Å². The molecule has 2 N–H and O–H groups in total. The molecule has 0 radical (unpaired) electrons. The van der Waals surface area contributed by atoms with Crippen molar-refractivity contribution in [1.82, 2.24) is 30.8 Å². The number of amides is 2. The number of aliphatic imine (C=N–C) groups is 1. The van der Waals surface area contributed by atoms with Gasteiger partial charge in [-0.15, -0.1) is 10.2 Å². The summed E-state index contributed by atoms with van der Waals surface area (Å²) in [5.41, 5.74) is -0.0388. The summed E-state index contributed by atoms with van der Waals surface area (Å²) in [7, 11) is 0. The Morgan fingerprint density at radius 2 is 1.82 bits per heavy atom. The number of tetrazole rings is 1. The molecule has 240 valence electrons. The van der Waals surface area contributed by atoms with Gasteiger partial charge in [-0.2, -0.15) is 18.4 Å². The zero-order chi connectivity index (χ0) is 32.4. The molecule has 0 bridgehead atoms. The van der Waals surface area contributed by atoms with Crippen LogP contribution in [0.3, 0.4) is 0 Å². The molecule has 1 fully saturated rings. The van der Waals surface area contributed by atoms with Gasteiger partial charge in [0.05, 0.1) is 18.2 Å². The van der Waals surface area contributed by atoms with Crippen molar-refractivity contribution in [2.75, 3.05) is 0 Å². The lowest BCUT2D eigenvalue weighted by molar-refractivity contribution is -0.137. The molecule has 5 rings (SSSR count). The van der Waals surface area contributed by atoms with Gasteiger partial charge >= 0.3 is 6.18 Å². The van der Waals surface area contributed by atoms with E-state index in [9.17, 15) is 22.8 Å². The van der Waals surface area contributed by atoms with E-state index < -0.39 is 17.4 Å². The number of rotatable bonds is 9. The summed E-state index contributed by atoms with van der Waals surface area (Å²) in [6.07, 6.45) is 0.811. The molecule has 2 aromatic carbocycles. The summed E-state index contributed by atoms with van der Waals surface area (Å²) in [4.78, 5) is 34.1. The molecule has 1 aliphatic heterocycles. The Balaban J connectivity index is 1.49. The summed E-state index contributed by atoms with van der Waals surface area (Å²) in [5, 5.41) is 16.3. The zero-order valence-corrected chi connectivity index (χ0v) is 26.1. The van der Waals surface area contributed by atoms with Gasteiger partial charge in [0.25, 0.3) is 11.8 Å². The average Bonchev–Trinajstić information content (AvgIpc) is 3.63. The third-order valence-corrected chi connectivity index (χ3v) is 9.16. The molecule has 1 aliphatic carbocycles. The Labute approximate surface area is 261 Å². The van der Waals surface area contributed by atoms with Crippen molar-refractivity contribution in [2.24, 2.45) is 16.3 Å². The molecule has 2 amide bonds. The fourth-order valence-corrected chi connectivity index (χ4v) is 6.59. The minimum Gasteiger partial charge on any atom is -0.345 e. The molecule has 0 saturated heterocycles. The van der Waals surface area contributed by atoms with Crippen LogP contribution >= 0.6 is 0 Å². The van der Waals surface area contributed by atoms with Crippen LogP contribution in [-0.2, 0) is 17.5 Å². The number of hydrogen-bond acceptors (Lipinski definition) is 6. The van der Waals surface area contributed by atoms with Gasteiger partial charge in [0.1, 0.15) is 11.4 Å². The maximum Gasteiger partial charge on any atom is 0.416 e. The van der Waals surface area contributed by atoms with Gasteiger partial charge in [-0.05, 0) is 73.3 Å². The molecule has 1 saturated carbocycles. The fourth-order valence-electron chi connectivity index (χ4n) is 6.59. The molecule has 2 aliphatic rings. The molecule has 1 aromatic heterocycles. The largest absolute Gasteiger partial charge is 0.416 e. The van der Waals surface area contributed by atoms with Crippen molar-refractivity contribution in [1.29, 1.82) is 0 Å². The first-order valence-electron chi connectivity index (χ1n) is 15.5. The Hall–Kier alpha value is -4.09. The first kappa shape index (κ1) is 32.3. The summed E-state index contributed by atoms with van der Waals surface area (Å²) < 4.78 is 41.0. The summed E-state index contributed by atoms with van der Waals surface area (Å²) >= 11 is 0. The smallest absolute Gasteiger partial charge is 0.345 e. The monoisotopic (exact) mass is 623 g/mol. The molecule has 45 heavy (non-hydrogen) atoms. The van der Waals surface area contributed by atoms with E-state index in [-0.39, 0.29) is 41.1 Å². The second-order valence-electron chi connectivity index (χ2n) is 13.1. The van der Waals surface area contributed by atoms with Gasteiger partial charge < -0.3 is 10.2 Å². The Morgan fingerprint density at radius 3 is 2.42 bits per heavy atom. The number of benzene rings is 2. The number of hydrogen-bond donors (Lipinski definition) is 2. The van der Waals surface area contributed by atoms with Gasteiger partial charge in [0.2, 0.25) is 0 Å². The van der Waals surface area contributed by atoms with E-state index in [0.717, 1.165) is 43.4 Å². The first-order valence-corrected chi connectivity index (χ1v) is 15.5. The van der Waals surface area contributed by atoms with E-state index in [2.05, 4.69) is 53.6 Å². The molecule has 2 heterocycles. The van der Waals surface area contributed by atoms with Crippen LogP contribution < -0.4 is 5.32 Å². The lowest BCUT2D eigenvalue weighted by Crippen LogP contribution is -2.51. The predicted octanol–water partition coefficient (Wildman–Crippen LogP) is 6.64. The van der Waals surface area contributed by atoms with Crippen LogP contribution in [0, 0.1) is 11.3 Å². The number of carbonyl (C=O) groups is 2. The highest BCUT2D eigenvalue weighted by Gasteiger charge is 2.52. The van der Waals surface area contributed by atoms with Crippen molar-refractivity contribution >= 4 is 17.5 Å². The summed E-state index contributed by atoms with van der Waals surface area (Å²) in [6, 6.07) is 11.7. The highest BCUT2D eigenvalue weighted by Crippen LogP contribution is 2.50. The molecule has 12 heteroatoms. The van der Waals surface area contributed by atoms with Crippen LogP contribution in [0.25, 0.3) is 0 Å². The number of aromatic amines is 1. The van der Waals surface area contributed by atoms with Crippen LogP contribution in [0.1, 0.15) is 112 Å². The van der Waals surface area contributed by atoms with E-state index in [1.807, 2.05) is 17.0 Å². The van der Waals surface area contributed by atoms with E-state index in [1.54, 1.807) is 12.1 Å². The van der Waals surface area contributed by atoms with E-state index in [0.29, 0.717) is 36.6 Å². The van der Waals surface area contributed by atoms with E-state index in [1.165, 1.54) is 12.1 Å². The Bertz CT molecular complexity index is 1520. The predicted molar refractivity (Wildman–Crippen MR) is 163 cm³/mol. The van der Waals surface area contributed by atoms with Crippen molar-refractivity contribution < 1.29 is 22.8 Å². The topological polar surface area (TPSA) is 116 Å². The number of H-pyrrole nitrogens is 1. The molecule has 1 spiro atoms. The number of unbranched alkanes of at least 4 members (excludes halogenated alkanes) is 1. The fraction of sp³-hybridized carbons (Fsp3) is 0.515. The van der Waals surface area contributed by atoms with Gasteiger partial charge in [0.15, 0.2) is 5.82 Å². The third-order valence-electron chi connectivity index (χ3n) is 9.16. The van der Waals surface area contributed by atoms with Crippen LogP contribution in [0.15, 0.2) is 53.5 Å². The number of nitrogens with one attached hydrogen (secondary N) is 2. The second-order valence-corrected chi connectivity index (χ2v) is 13.1. The first-order chi connectivity index (χ1) is 21.3. The molecular weight excluding hydrogens is 583 g/mol. The molecule has 3 aromatic rings. The average molecular weight is 624 g/mol. The van der Waals surface area contributed by atoms with E-state index in [4.69, 9.17) is 4.99 Å². The second kappa shape index (κ2) is 12.7. The van der Waals surface area contributed by atoms with Crippen LogP contribution in [-0.4, -0.2) is 48.7 Å². The summed E-state index contributed by atoms with van der Waals surface area (Å²) in [6.45, 7) is 8.85. The number of carbonyl (C=O) groups excluding carboxylic acids is 2. The van der Waals surface area contributed by atoms with Crippen molar-refractivity contribution in [3.8, 4) is 0 Å². The van der Waals surface area contributed by atoms with Gasteiger partial charge in [-0.1, -0.05) is 70.0 Å². The lowest BCUT2D eigenvalue weighted by atomic mass is 9.69. The van der Waals surface area contributed by atoms with Crippen LogP contribution in [0.2, 0.25) is 0 Å². The molecular formula is C33H40F3N7O2. The van der Waals surface area contributed by atoms with Gasteiger partial charge in [0, 0.05) is 11.1 Å². The Kier molecular flexibility index (Phi) is 9.14. The SMILES string of the molecule is CCCCC(c1ccc(C(=O)NCc2nn[nH]n2)cc1)N1C(=O)C(c2cccc(C(F)(F)F)c2)=NC12CCC(C(C)(C)C)CC2. The van der Waals surface area contributed by atoms with Crippen LogP contribution in [0.4, 0.5) is 13.2 Å². The van der Waals surface area contributed by atoms with Crippen molar-refractivity contribution in [3.05, 3.63) is 76.6 Å². The number of aromatic nitrogens is 4. The minimum atomic E-state index is -4.54. The third kappa shape index (κ3) is 6.94. The molecule has 1 atom stereocenters. The zero-order valence-electron chi connectivity index (χ0n) is 26.1. The summed E-state index contributed by atoms with van der Waals surface area (Å²) in [5.74, 6) is 0.134. The normalized spacial score (nSPS) is 21.2. The standard InChI is InChI=1S/C33H40F3N7O2/c1-5-6-10-26(21-11-13-22(14-12-21)29(44)37-20-27-39-41-42-40-27)43-30(45)28(23-8-7-9-25(19-23)33(34,35)36)38-32(43)17-15-24(16-18-32)31(2,3)4/h7-9,11-14,19,24,26H,5-6,10,15-18,20H2,1-4H3,(H,37,44)(H,39,40,41,42). The van der Waals surface area contributed by atoms with Gasteiger partial charge in [-0.3, -0.25) is 14.6 Å². The maximum atomic E-state index is 14.4. The highest BCUT2D eigenvalue weighted by atomic mass is 19.4. The number of alkyl halides is 3. The molecule has 9 nitrogen and oxygen atoms in total. The minimum absolute atomic E-state index is 0.0780. The van der Waals surface area contributed by atoms with Crippen LogP contribution in [0.5, 0.6) is 0 Å². The molecule has 1 unspecified atom stereocenters. The highest BCUT2D eigenvalue weighted by molar-refractivity contribution is 6.46. The number of nitrogens with zero attached hydrogens (tertiary/aromatic N) is 5.